The molecule has 0 unspecified atom stereocenters. The predicted octanol–water partition coefficient (Wildman–Crippen LogP) is 2.68. The molecule has 140 valence electrons. The fraction of sp³-hybridized carbons (Fsp3) is 0.100. The molecule has 0 aliphatic rings. The van der Waals surface area contributed by atoms with E-state index in [1.165, 1.54) is 0 Å². The zero-order valence-corrected chi connectivity index (χ0v) is 16.2. The van der Waals surface area contributed by atoms with Gasteiger partial charge in [-0.05, 0) is 49.0 Å². The van der Waals surface area contributed by atoms with Crippen LogP contribution in [0.15, 0.2) is 64.5 Å². The number of aromatic nitrogens is 2. The van der Waals surface area contributed by atoms with E-state index in [2.05, 4.69) is 21.9 Å². The van der Waals surface area contributed by atoms with Crippen molar-refractivity contribution in [1.29, 1.82) is 5.26 Å². The zero-order chi connectivity index (χ0) is 20.1. The molecule has 0 saturated heterocycles. The first-order valence-electron chi connectivity index (χ1n) is 8.45. The molecule has 2 aromatic carbocycles. The van der Waals surface area contributed by atoms with Crippen LogP contribution in [0.3, 0.4) is 0 Å². The molecule has 28 heavy (non-hydrogen) atoms. The van der Waals surface area contributed by atoms with Crippen LogP contribution in [0.1, 0.15) is 16.8 Å². The molecular formula is C20H18N6OS. The van der Waals surface area contributed by atoms with Gasteiger partial charge in [0.05, 0.1) is 29.2 Å². The van der Waals surface area contributed by atoms with Crippen LogP contribution in [0.25, 0.3) is 5.69 Å². The molecule has 8 heteroatoms. The average molecular weight is 390 g/mol. The Morgan fingerprint density at radius 2 is 1.86 bits per heavy atom. The Kier molecular flexibility index (Phi) is 5.67. The standard InChI is InChI=1S/C20H18N6OS/c1-14-18(19(27)26(25(14)2)17-6-4-3-5-7-17)23-20(28)24-22-13-16-10-8-15(12-21)9-11-16/h3-11,13H,1-2H3,(H2,23,24,28)/b22-13-. The molecule has 1 heterocycles. The molecule has 3 rings (SSSR count). The van der Waals surface area contributed by atoms with Crippen molar-refractivity contribution in [3.05, 3.63) is 81.8 Å². The lowest BCUT2D eigenvalue weighted by Crippen LogP contribution is -2.28. The molecule has 0 saturated carbocycles. The van der Waals surface area contributed by atoms with Crippen molar-refractivity contribution in [3.8, 4) is 11.8 Å². The summed E-state index contributed by atoms with van der Waals surface area (Å²) in [5.41, 5.74) is 5.79. The molecule has 0 atom stereocenters. The van der Waals surface area contributed by atoms with Crippen molar-refractivity contribution in [2.24, 2.45) is 12.1 Å². The van der Waals surface area contributed by atoms with Crippen molar-refractivity contribution >= 4 is 29.2 Å². The summed E-state index contributed by atoms with van der Waals surface area (Å²) in [5, 5.41) is 16.0. The van der Waals surface area contributed by atoms with Gasteiger partial charge >= 0.3 is 0 Å². The number of rotatable bonds is 4. The molecule has 7 nitrogen and oxygen atoms in total. The SMILES string of the molecule is Cc1c(NC(=S)N/N=C\c2ccc(C#N)cc2)c(=O)n(-c2ccccc2)n1C. The Hall–Kier alpha value is -3.70. The smallest absolute Gasteiger partial charge is 0.295 e. The molecule has 0 spiro atoms. The Bertz CT molecular complexity index is 1120. The summed E-state index contributed by atoms with van der Waals surface area (Å²) < 4.78 is 3.34. The number of benzene rings is 2. The molecule has 0 bridgehead atoms. The number of hydrogen-bond acceptors (Lipinski definition) is 4. The van der Waals surface area contributed by atoms with Crippen molar-refractivity contribution in [1.82, 2.24) is 14.8 Å². The minimum Gasteiger partial charge on any atom is -0.325 e. The van der Waals surface area contributed by atoms with Gasteiger partial charge in [-0.25, -0.2) is 4.68 Å². The van der Waals surface area contributed by atoms with Crippen LogP contribution in [-0.2, 0) is 7.05 Å². The van der Waals surface area contributed by atoms with E-state index in [4.69, 9.17) is 17.5 Å². The highest BCUT2D eigenvalue weighted by Crippen LogP contribution is 2.13. The maximum atomic E-state index is 12.8. The van der Waals surface area contributed by atoms with Gasteiger partial charge in [-0.2, -0.15) is 10.4 Å². The van der Waals surface area contributed by atoms with Crippen molar-refractivity contribution in [3.63, 3.8) is 0 Å². The number of hydrogen-bond donors (Lipinski definition) is 2. The van der Waals surface area contributed by atoms with Gasteiger partial charge in [-0.1, -0.05) is 30.3 Å². The molecule has 2 N–H and O–H groups in total. The van der Waals surface area contributed by atoms with Gasteiger partial charge < -0.3 is 5.32 Å². The van der Waals surface area contributed by atoms with Crippen molar-refractivity contribution in [2.45, 2.75) is 6.92 Å². The van der Waals surface area contributed by atoms with Crippen molar-refractivity contribution in [2.75, 3.05) is 5.32 Å². The van der Waals surface area contributed by atoms with E-state index in [1.54, 1.807) is 39.8 Å². The van der Waals surface area contributed by atoms with Gasteiger partial charge in [-0.3, -0.25) is 14.9 Å². The maximum Gasteiger partial charge on any atom is 0.295 e. The molecule has 0 radical (unpaired) electrons. The van der Waals surface area contributed by atoms with Crippen LogP contribution in [0.4, 0.5) is 5.69 Å². The Balaban J connectivity index is 1.73. The molecule has 0 aliphatic heterocycles. The number of thiocarbonyl (C=S) groups is 1. The third kappa shape index (κ3) is 4.00. The quantitative estimate of drug-likeness (QED) is 0.406. The maximum absolute atomic E-state index is 12.8. The molecule has 0 amide bonds. The topological polar surface area (TPSA) is 87.1 Å². The highest BCUT2D eigenvalue weighted by Gasteiger charge is 2.16. The number of anilines is 1. The monoisotopic (exact) mass is 390 g/mol. The lowest BCUT2D eigenvalue weighted by Gasteiger charge is -2.07. The minimum atomic E-state index is -0.202. The summed E-state index contributed by atoms with van der Waals surface area (Å²) in [5.74, 6) is 0. The average Bonchev–Trinajstić information content (AvgIpc) is 2.92. The first-order valence-corrected chi connectivity index (χ1v) is 8.86. The summed E-state index contributed by atoms with van der Waals surface area (Å²) in [6.07, 6.45) is 1.58. The molecular weight excluding hydrogens is 372 g/mol. The lowest BCUT2D eigenvalue weighted by atomic mass is 10.2. The van der Waals surface area contributed by atoms with Crippen LogP contribution < -0.4 is 16.3 Å². The highest BCUT2D eigenvalue weighted by molar-refractivity contribution is 7.80. The minimum absolute atomic E-state index is 0.202. The molecule has 3 aromatic rings. The molecule has 0 aliphatic carbocycles. The van der Waals surface area contributed by atoms with E-state index >= 15 is 0 Å². The summed E-state index contributed by atoms with van der Waals surface area (Å²) in [4.78, 5) is 12.8. The van der Waals surface area contributed by atoms with Crippen LogP contribution in [-0.4, -0.2) is 20.7 Å². The predicted molar refractivity (Wildman–Crippen MR) is 114 cm³/mol. The number of nitriles is 1. The number of para-hydroxylation sites is 1. The third-order valence-corrected chi connectivity index (χ3v) is 4.41. The van der Waals surface area contributed by atoms with Gasteiger partial charge in [0.15, 0.2) is 5.11 Å². The number of nitrogens with one attached hydrogen (secondary N) is 2. The van der Waals surface area contributed by atoms with E-state index < -0.39 is 0 Å². The first-order chi connectivity index (χ1) is 13.5. The van der Waals surface area contributed by atoms with Crippen molar-refractivity contribution < 1.29 is 0 Å². The van der Waals surface area contributed by atoms with Gasteiger partial charge in [0.1, 0.15) is 5.69 Å². The first kappa shape index (κ1) is 19.1. The second-order valence-electron chi connectivity index (χ2n) is 5.99. The Morgan fingerprint density at radius 3 is 2.50 bits per heavy atom. The second kappa shape index (κ2) is 8.33. The summed E-state index contributed by atoms with van der Waals surface area (Å²) >= 11 is 5.24. The van der Waals surface area contributed by atoms with E-state index in [9.17, 15) is 4.79 Å². The number of nitrogens with zero attached hydrogens (tertiary/aromatic N) is 4. The van der Waals surface area contributed by atoms with Gasteiger partial charge in [-0.15, -0.1) is 0 Å². The summed E-state index contributed by atoms with van der Waals surface area (Å²) in [6, 6.07) is 18.4. The Morgan fingerprint density at radius 1 is 1.18 bits per heavy atom. The normalized spacial score (nSPS) is 10.6. The summed E-state index contributed by atoms with van der Waals surface area (Å²) in [7, 11) is 1.81. The van der Waals surface area contributed by atoms with Gasteiger partial charge in [0, 0.05) is 7.05 Å². The van der Waals surface area contributed by atoms with Crippen LogP contribution in [0.2, 0.25) is 0 Å². The third-order valence-electron chi connectivity index (χ3n) is 4.21. The van der Waals surface area contributed by atoms with Crippen LogP contribution >= 0.6 is 12.2 Å². The Labute approximate surface area is 167 Å². The largest absolute Gasteiger partial charge is 0.325 e. The second-order valence-corrected chi connectivity index (χ2v) is 6.40. The van der Waals surface area contributed by atoms with Crippen LogP contribution in [0, 0.1) is 18.3 Å². The number of hydrazone groups is 1. The van der Waals surface area contributed by atoms with E-state index in [0.717, 1.165) is 16.9 Å². The zero-order valence-electron chi connectivity index (χ0n) is 15.4. The van der Waals surface area contributed by atoms with E-state index in [1.807, 2.05) is 44.3 Å². The lowest BCUT2D eigenvalue weighted by molar-refractivity contribution is 0.630. The van der Waals surface area contributed by atoms with Crippen LogP contribution in [0.5, 0.6) is 0 Å². The fourth-order valence-corrected chi connectivity index (χ4v) is 2.82. The van der Waals surface area contributed by atoms with Gasteiger partial charge in [0.2, 0.25) is 0 Å². The molecule has 0 fully saturated rings. The highest BCUT2D eigenvalue weighted by atomic mass is 32.1. The fourth-order valence-electron chi connectivity index (χ4n) is 2.66. The van der Waals surface area contributed by atoms with Gasteiger partial charge in [0.25, 0.3) is 5.56 Å². The molecule has 1 aromatic heterocycles. The van der Waals surface area contributed by atoms with E-state index in [-0.39, 0.29) is 10.7 Å². The summed E-state index contributed by atoms with van der Waals surface area (Å²) in [6.45, 7) is 1.84. The van der Waals surface area contributed by atoms with E-state index in [0.29, 0.717) is 11.3 Å².